The molecule has 6 nitrogen and oxygen atoms in total. The molecule has 32 heavy (non-hydrogen) atoms. The predicted molar refractivity (Wildman–Crippen MR) is 126 cm³/mol. The lowest BCUT2D eigenvalue weighted by Gasteiger charge is -2.40. The van der Waals surface area contributed by atoms with E-state index in [2.05, 4.69) is 36.2 Å². The van der Waals surface area contributed by atoms with Gasteiger partial charge in [0.15, 0.2) is 5.96 Å². The van der Waals surface area contributed by atoms with E-state index in [1.165, 1.54) is 0 Å². The molecule has 0 bridgehead atoms. The first-order valence-electron chi connectivity index (χ1n) is 12.3. The lowest BCUT2D eigenvalue weighted by atomic mass is 9.77. The van der Waals surface area contributed by atoms with Gasteiger partial charge in [0.1, 0.15) is 5.54 Å². The van der Waals surface area contributed by atoms with E-state index in [1.54, 1.807) is 4.90 Å². The molecule has 1 saturated carbocycles. The number of piperidine rings is 1. The number of amides is 2. The summed E-state index contributed by atoms with van der Waals surface area (Å²) >= 11 is 0. The van der Waals surface area contributed by atoms with Crippen molar-refractivity contribution in [3.8, 4) is 0 Å². The zero-order chi connectivity index (χ0) is 22.9. The summed E-state index contributed by atoms with van der Waals surface area (Å²) < 4.78 is 0. The number of benzene rings is 1. The van der Waals surface area contributed by atoms with E-state index in [4.69, 9.17) is 5.41 Å². The van der Waals surface area contributed by atoms with Crippen LogP contribution in [0.5, 0.6) is 0 Å². The van der Waals surface area contributed by atoms with Crippen molar-refractivity contribution in [3.05, 3.63) is 35.9 Å². The summed E-state index contributed by atoms with van der Waals surface area (Å²) in [5, 5.41) is 11.5. The van der Waals surface area contributed by atoms with Crippen molar-refractivity contribution in [3.63, 3.8) is 0 Å². The van der Waals surface area contributed by atoms with Crippen LogP contribution in [0.3, 0.4) is 0 Å². The molecule has 1 aromatic rings. The maximum absolute atomic E-state index is 13.8. The summed E-state index contributed by atoms with van der Waals surface area (Å²) in [5.41, 5.74) is 0.0580. The lowest BCUT2D eigenvalue weighted by Crippen LogP contribution is -2.51. The van der Waals surface area contributed by atoms with E-state index in [0.29, 0.717) is 25.4 Å². The summed E-state index contributed by atoms with van der Waals surface area (Å²) in [6.07, 6.45) is 6.68. The normalized spacial score (nSPS) is 27.8. The Labute approximate surface area is 192 Å². The molecule has 1 aromatic carbocycles. The van der Waals surface area contributed by atoms with Crippen LogP contribution in [0.25, 0.3) is 0 Å². The first-order chi connectivity index (χ1) is 15.2. The van der Waals surface area contributed by atoms with Crippen LogP contribution in [-0.2, 0) is 15.0 Å². The Kier molecular flexibility index (Phi) is 6.33. The van der Waals surface area contributed by atoms with Crippen LogP contribution < -0.4 is 5.32 Å². The predicted octanol–water partition coefficient (Wildman–Crippen LogP) is 3.91. The molecule has 4 rings (SSSR count). The van der Waals surface area contributed by atoms with E-state index < -0.39 is 11.0 Å². The van der Waals surface area contributed by atoms with Crippen LogP contribution in [-0.4, -0.2) is 52.7 Å². The first-order valence-corrected chi connectivity index (χ1v) is 12.3. The molecule has 2 heterocycles. The van der Waals surface area contributed by atoms with Crippen molar-refractivity contribution in [1.29, 1.82) is 5.41 Å². The number of hydrogen-bond donors (Lipinski definition) is 2. The highest BCUT2D eigenvalue weighted by Gasteiger charge is 2.48. The second-order valence-electron chi connectivity index (χ2n) is 10.7. The van der Waals surface area contributed by atoms with Gasteiger partial charge in [0.2, 0.25) is 5.91 Å². The highest BCUT2D eigenvalue weighted by molar-refractivity contribution is 6.07. The SMILES string of the molecule is CC(C)CC1(C)NC(=N)N(CC2CCCN(C(=O)C3(c4ccccc4)CCCC3)C2)C1=O. The van der Waals surface area contributed by atoms with Crippen molar-refractivity contribution >= 4 is 17.8 Å². The highest BCUT2D eigenvalue weighted by atomic mass is 16.2. The van der Waals surface area contributed by atoms with Crippen LogP contribution >= 0.6 is 0 Å². The van der Waals surface area contributed by atoms with Crippen LogP contribution in [0.4, 0.5) is 0 Å². The number of hydrogen-bond acceptors (Lipinski definition) is 3. The number of nitrogens with one attached hydrogen (secondary N) is 2. The molecule has 0 radical (unpaired) electrons. The molecule has 3 fully saturated rings. The summed E-state index contributed by atoms with van der Waals surface area (Å²) in [7, 11) is 0. The number of carbonyl (C=O) groups is 2. The third kappa shape index (κ3) is 4.16. The molecule has 1 aliphatic carbocycles. The largest absolute Gasteiger partial charge is 0.342 e. The van der Waals surface area contributed by atoms with Crippen LogP contribution in [0.2, 0.25) is 0 Å². The van der Waals surface area contributed by atoms with Crippen molar-refractivity contribution in [2.75, 3.05) is 19.6 Å². The standard InChI is InChI=1S/C26H38N4O2/c1-19(2)16-25(3)22(31)30(24(27)28-25)18-20-10-9-15-29(17-20)23(32)26(13-7-8-14-26)21-11-5-4-6-12-21/h4-6,11-12,19-20H,7-10,13-18H2,1-3H3,(H2,27,28). The van der Waals surface area contributed by atoms with Gasteiger partial charge in [0, 0.05) is 19.6 Å². The molecular weight excluding hydrogens is 400 g/mol. The monoisotopic (exact) mass is 438 g/mol. The Morgan fingerprint density at radius 2 is 1.88 bits per heavy atom. The highest BCUT2D eigenvalue weighted by Crippen LogP contribution is 2.43. The van der Waals surface area contributed by atoms with Crippen LogP contribution in [0.1, 0.15) is 71.3 Å². The second-order valence-corrected chi connectivity index (χ2v) is 10.7. The minimum atomic E-state index is -0.698. The number of nitrogens with zero attached hydrogens (tertiary/aromatic N) is 2. The second kappa shape index (κ2) is 8.87. The molecule has 3 aliphatic rings. The van der Waals surface area contributed by atoms with Gasteiger partial charge in [0.05, 0.1) is 5.41 Å². The van der Waals surface area contributed by atoms with Gasteiger partial charge in [-0.2, -0.15) is 0 Å². The van der Waals surface area contributed by atoms with Crippen molar-refractivity contribution in [1.82, 2.24) is 15.1 Å². The molecule has 2 N–H and O–H groups in total. The molecule has 2 aliphatic heterocycles. The van der Waals surface area contributed by atoms with E-state index in [-0.39, 0.29) is 23.7 Å². The molecule has 2 saturated heterocycles. The summed E-state index contributed by atoms with van der Waals surface area (Å²) in [6.45, 7) is 8.08. The molecule has 2 unspecified atom stereocenters. The number of carbonyl (C=O) groups excluding carboxylic acids is 2. The lowest BCUT2D eigenvalue weighted by molar-refractivity contribution is -0.139. The number of guanidine groups is 1. The van der Waals surface area contributed by atoms with Gasteiger partial charge >= 0.3 is 0 Å². The smallest absolute Gasteiger partial charge is 0.254 e. The molecular formula is C26H38N4O2. The molecule has 2 atom stereocenters. The zero-order valence-corrected chi connectivity index (χ0v) is 19.8. The molecule has 0 spiro atoms. The third-order valence-electron chi connectivity index (χ3n) is 7.64. The van der Waals surface area contributed by atoms with Crippen molar-refractivity contribution in [2.45, 2.75) is 76.7 Å². The van der Waals surface area contributed by atoms with Crippen LogP contribution in [0.15, 0.2) is 30.3 Å². The maximum atomic E-state index is 13.8. The zero-order valence-electron chi connectivity index (χ0n) is 19.8. The van der Waals surface area contributed by atoms with Gasteiger partial charge in [-0.25, -0.2) is 0 Å². The van der Waals surface area contributed by atoms with E-state index in [1.807, 2.05) is 25.1 Å². The van der Waals surface area contributed by atoms with E-state index in [9.17, 15) is 9.59 Å². The van der Waals surface area contributed by atoms with E-state index >= 15 is 0 Å². The molecule has 174 valence electrons. The van der Waals surface area contributed by atoms with Gasteiger partial charge < -0.3 is 10.2 Å². The summed E-state index contributed by atoms with van der Waals surface area (Å²) in [4.78, 5) is 30.7. The van der Waals surface area contributed by atoms with Crippen LogP contribution in [0, 0.1) is 17.2 Å². The van der Waals surface area contributed by atoms with Gasteiger partial charge in [-0.1, -0.05) is 57.0 Å². The van der Waals surface area contributed by atoms with Gasteiger partial charge in [0.25, 0.3) is 5.91 Å². The summed E-state index contributed by atoms with van der Waals surface area (Å²) in [5.74, 6) is 1.04. The average molecular weight is 439 g/mol. The third-order valence-corrected chi connectivity index (χ3v) is 7.64. The fourth-order valence-electron chi connectivity index (χ4n) is 6.23. The first kappa shape index (κ1) is 22.8. The quantitative estimate of drug-likeness (QED) is 0.707. The average Bonchev–Trinajstić information content (AvgIpc) is 3.34. The Balaban J connectivity index is 1.46. The Morgan fingerprint density at radius 3 is 2.53 bits per heavy atom. The maximum Gasteiger partial charge on any atom is 0.254 e. The van der Waals surface area contributed by atoms with Crippen molar-refractivity contribution in [2.24, 2.45) is 11.8 Å². The van der Waals surface area contributed by atoms with Gasteiger partial charge in [-0.15, -0.1) is 0 Å². The Hall–Kier alpha value is -2.37. The fraction of sp³-hybridized carbons (Fsp3) is 0.654. The Morgan fingerprint density at radius 1 is 1.19 bits per heavy atom. The van der Waals surface area contributed by atoms with E-state index in [0.717, 1.165) is 50.6 Å². The Bertz CT molecular complexity index is 862. The molecule has 2 amide bonds. The fourth-order valence-corrected chi connectivity index (χ4v) is 6.23. The van der Waals surface area contributed by atoms with Crippen molar-refractivity contribution < 1.29 is 9.59 Å². The topological polar surface area (TPSA) is 76.5 Å². The number of likely N-dealkylation sites (tertiary alicyclic amines) is 1. The summed E-state index contributed by atoms with van der Waals surface area (Å²) in [6, 6.07) is 10.3. The number of rotatable bonds is 6. The van der Waals surface area contributed by atoms with Gasteiger partial charge in [-0.05, 0) is 56.4 Å². The minimum Gasteiger partial charge on any atom is -0.342 e. The van der Waals surface area contributed by atoms with Gasteiger partial charge in [-0.3, -0.25) is 19.9 Å². The molecule has 0 aromatic heterocycles. The molecule has 6 heteroatoms. The minimum absolute atomic E-state index is 0.00352.